The van der Waals surface area contributed by atoms with Crippen LogP contribution in [0.3, 0.4) is 0 Å². The molecule has 0 unspecified atom stereocenters. The second kappa shape index (κ2) is 6.69. The fraction of sp³-hybridized carbons (Fsp3) is 0.333. The van der Waals surface area contributed by atoms with E-state index in [9.17, 15) is 4.79 Å². The van der Waals surface area contributed by atoms with Gasteiger partial charge in [-0.15, -0.1) is 11.3 Å². The molecular formula is C15H16N2O3S. The van der Waals surface area contributed by atoms with Crippen LogP contribution in [0.5, 0.6) is 5.75 Å². The molecule has 0 saturated carbocycles. The number of benzene rings is 1. The van der Waals surface area contributed by atoms with Gasteiger partial charge in [0.2, 0.25) is 0 Å². The summed E-state index contributed by atoms with van der Waals surface area (Å²) in [5.41, 5.74) is 0.505. The summed E-state index contributed by atoms with van der Waals surface area (Å²) < 4.78 is 11.3. The molecule has 6 heteroatoms. The molecule has 0 aliphatic carbocycles. The molecule has 1 atom stereocenters. The van der Waals surface area contributed by atoms with Crippen LogP contribution in [0.2, 0.25) is 0 Å². The lowest BCUT2D eigenvalue weighted by atomic mass is 10.2. The maximum Gasteiger partial charge on any atom is 0.261 e. The monoisotopic (exact) mass is 304 g/mol. The first kappa shape index (κ1) is 14.0. The van der Waals surface area contributed by atoms with Gasteiger partial charge in [0.1, 0.15) is 12.4 Å². The number of ether oxygens (including phenoxy) is 2. The zero-order chi connectivity index (χ0) is 14.5. The van der Waals surface area contributed by atoms with Gasteiger partial charge in [-0.2, -0.15) is 0 Å². The predicted octanol–water partition coefficient (Wildman–Crippen LogP) is 2.95. The summed E-state index contributed by atoms with van der Waals surface area (Å²) in [6.45, 7) is 1.27. The van der Waals surface area contributed by atoms with Gasteiger partial charge in [-0.05, 0) is 25.0 Å². The van der Waals surface area contributed by atoms with Crippen molar-refractivity contribution >= 4 is 22.4 Å². The van der Waals surface area contributed by atoms with Crippen LogP contribution in [0.15, 0.2) is 35.8 Å². The number of anilines is 1. The number of amides is 1. The minimum atomic E-state index is -0.215. The molecule has 110 valence electrons. The summed E-state index contributed by atoms with van der Waals surface area (Å²) in [7, 11) is 0. The zero-order valence-corrected chi connectivity index (χ0v) is 12.3. The van der Waals surface area contributed by atoms with Crippen molar-refractivity contribution in [1.29, 1.82) is 0 Å². The maximum absolute atomic E-state index is 12.3. The molecule has 1 aliphatic heterocycles. The summed E-state index contributed by atoms with van der Waals surface area (Å²) in [6.07, 6.45) is 3.86. The van der Waals surface area contributed by atoms with Crippen LogP contribution in [0, 0.1) is 0 Å². The number of para-hydroxylation sites is 1. The van der Waals surface area contributed by atoms with E-state index in [2.05, 4.69) is 10.3 Å². The number of hydrogen-bond acceptors (Lipinski definition) is 5. The van der Waals surface area contributed by atoms with Gasteiger partial charge in [-0.25, -0.2) is 4.98 Å². The Hall–Kier alpha value is -1.92. The highest BCUT2D eigenvalue weighted by Gasteiger charge is 2.18. The van der Waals surface area contributed by atoms with Gasteiger partial charge in [0.05, 0.1) is 11.7 Å². The Morgan fingerprint density at radius 3 is 3.14 bits per heavy atom. The average molecular weight is 304 g/mol. The number of aromatic nitrogens is 1. The SMILES string of the molecule is O=C(Nc1nccs1)c1ccccc1OC[C@@H]1CCCO1. The normalized spacial score (nSPS) is 17.6. The standard InChI is InChI=1S/C15H16N2O3S/c18-14(17-15-16-7-9-21-15)12-5-1-2-6-13(12)20-10-11-4-3-8-19-11/h1-2,5-7,9,11H,3-4,8,10H2,(H,16,17,18)/t11-/m0/s1. The molecule has 0 spiro atoms. The Morgan fingerprint density at radius 1 is 1.48 bits per heavy atom. The number of thiazole rings is 1. The number of hydrogen-bond donors (Lipinski definition) is 1. The van der Waals surface area contributed by atoms with E-state index in [-0.39, 0.29) is 12.0 Å². The van der Waals surface area contributed by atoms with Gasteiger partial charge in [-0.1, -0.05) is 12.1 Å². The number of rotatable bonds is 5. The fourth-order valence-electron chi connectivity index (χ4n) is 2.19. The second-order valence-corrected chi connectivity index (χ2v) is 5.63. The topological polar surface area (TPSA) is 60.5 Å². The van der Waals surface area contributed by atoms with E-state index < -0.39 is 0 Å². The third kappa shape index (κ3) is 3.59. The highest BCUT2D eigenvalue weighted by molar-refractivity contribution is 7.13. The van der Waals surface area contributed by atoms with Crippen LogP contribution < -0.4 is 10.1 Å². The van der Waals surface area contributed by atoms with Gasteiger partial charge in [0.25, 0.3) is 5.91 Å². The molecule has 2 heterocycles. The first-order valence-electron chi connectivity index (χ1n) is 6.87. The van der Waals surface area contributed by atoms with Crippen molar-refractivity contribution in [2.24, 2.45) is 0 Å². The number of carbonyl (C=O) groups is 1. The third-order valence-electron chi connectivity index (χ3n) is 3.23. The Morgan fingerprint density at radius 2 is 2.38 bits per heavy atom. The van der Waals surface area contributed by atoms with Crippen molar-refractivity contribution in [2.45, 2.75) is 18.9 Å². The zero-order valence-electron chi connectivity index (χ0n) is 11.5. The Balaban J connectivity index is 1.67. The molecule has 1 aromatic heterocycles. The molecule has 1 aliphatic rings. The molecule has 1 saturated heterocycles. The molecule has 3 rings (SSSR count). The van der Waals surface area contributed by atoms with Gasteiger partial charge in [0, 0.05) is 18.2 Å². The van der Waals surface area contributed by atoms with Gasteiger partial charge in [-0.3, -0.25) is 10.1 Å². The van der Waals surface area contributed by atoms with E-state index in [1.807, 2.05) is 17.5 Å². The largest absolute Gasteiger partial charge is 0.490 e. The maximum atomic E-state index is 12.3. The summed E-state index contributed by atoms with van der Waals surface area (Å²) in [4.78, 5) is 16.3. The smallest absolute Gasteiger partial charge is 0.261 e. The average Bonchev–Trinajstić information content (AvgIpc) is 3.18. The van der Waals surface area contributed by atoms with E-state index in [0.29, 0.717) is 23.1 Å². The van der Waals surface area contributed by atoms with E-state index in [1.54, 1.807) is 18.3 Å². The summed E-state index contributed by atoms with van der Waals surface area (Å²) >= 11 is 1.38. The molecule has 21 heavy (non-hydrogen) atoms. The van der Waals surface area contributed by atoms with Crippen molar-refractivity contribution in [3.63, 3.8) is 0 Å². The van der Waals surface area contributed by atoms with Crippen LogP contribution in [-0.2, 0) is 4.74 Å². The van der Waals surface area contributed by atoms with Gasteiger partial charge < -0.3 is 9.47 Å². The molecule has 1 aromatic carbocycles. The lowest BCUT2D eigenvalue weighted by Gasteiger charge is -2.14. The first-order chi connectivity index (χ1) is 10.3. The Labute approximate surface area is 126 Å². The second-order valence-electron chi connectivity index (χ2n) is 4.73. The quantitative estimate of drug-likeness (QED) is 0.922. The first-order valence-corrected chi connectivity index (χ1v) is 7.75. The van der Waals surface area contributed by atoms with Crippen molar-refractivity contribution in [2.75, 3.05) is 18.5 Å². The van der Waals surface area contributed by atoms with Gasteiger partial charge in [0.15, 0.2) is 5.13 Å². The number of carbonyl (C=O) groups excluding carboxylic acids is 1. The molecule has 1 N–H and O–H groups in total. The summed E-state index contributed by atoms with van der Waals surface area (Å²) in [5, 5.41) is 5.16. The molecule has 1 amide bonds. The highest BCUT2D eigenvalue weighted by atomic mass is 32.1. The van der Waals surface area contributed by atoms with Crippen LogP contribution >= 0.6 is 11.3 Å². The van der Waals surface area contributed by atoms with E-state index in [0.717, 1.165) is 19.4 Å². The van der Waals surface area contributed by atoms with Crippen molar-refractivity contribution < 1.29 is 14.3 Å². The summed E-state index contributed by atoms with van der Waals surface area (Å²) in [5.74, 6) is 0.356. The molecule has 1 fully saturated rings. The van der Waals surface area contributed by atoms with Crippen LogP contribution in [-0.4, -0.2) is 30.2 Å². The van der Waals surface area contributed by atoms with Crippen molar-refractivity contribution in [3.8, 4) is 5.75 Å². The number of nitrogens with one attached hydrogen (secondary N) is 1. The minimum absolute atomic E-state index is 0.125. The lowest BCUT2D eigenvalue weighted by molar-refractivity contribution is 0.0673. The van der Waals surface area contributed by atoms with E-state index >= 15 is 0 Å². The number of nitrogens with zero attached hydrogens (tertiary/aromatic N) is 1. The van der Waals surface area contributed by atoms with Crippen molar-refractivity contribution in [3.05, 3.63) is 41.4 Å². The molecule has 0 radical (unpaired) electrons. The molecule has 2 aromatic rings. The molecular weight excluding hydrogens is 288 g/mol. The fourth-order valence-corrected chi connectivity index (χ4v) is 2.71. The van der Waals surface area contributed by atoms with E-state index in [1.165, 1.54) is 11.3 Å². The third-order valence-corrected chi connectivity index (χ3v) is 3.92. The van der Waals surface area contributed by atoms with Crippen LogP contribution in [0.25, 0.3) is 0 Å². The van der Waals surface area contributed by atoms with Crippen molar-refractivity contribution in [1.82, 2.24) is 4.98 Å². The lowest BCUT2D eigenvalue weighted by Crippen LogP contribution is -2.19. The molecule has 0 bridgehead atoms. The highest BCUT2D eigenvalue weighted by Crippen LogP contribution is 2.22. The Bertz CT molecular complexity index is 595. The van der Waals surface area contributed by atoms with E-state index in [4.69, 9.17) is 9.47 Å². The Kier molecular flexibility index (Phi) is 4.47. The van der Waals surface area contributed by atoms with Crippen LogP contribution in [0.1, 0.15) is 23.2 Å². The van der Waals surface area contributed by atoms with Gasteiger partial charge >= 0.3 is 0 Å². The molecule has 5 nitrogen and oxygen atoms in total. The minimum Gasteiger partial charge on any atom is -0.490 e. The van der Waals surface area contributed by atoms with Crippen LogP contribution in [0.4, 0.5) is 5.13 Å². The predicted molar refractivity (Wildman–Crippen MR) is 81.0 cm³/mol. The summed E-state index contributed by atoms with van der Waals surface area (Å²) in [6, 6.07) is 7.21.